The fraction of sp³-hybridized carbons (Fsp3) is 0.136. The first-order chi connectivity index (χ1) is 15.8. The van der Waals surface area contributed by atoms with Gasteiger partial charge in [0.1, 0.15) is 6.54 Å². The van der Waals surface area contributed by atoms with E-state index in [4.69, 9.17) is 11.6 Å². The molecule has 0 unspecified atom stereocenters. The van der Waals surface area contributed by atoms with Crippen LogP contribution in [0.25, 0.3) is 0 Å². The highest BCUT2D eigenvalue weighted by Gasteiger charge is 2.32. The Hall–Kier alpha value is -3.08. The molecule has 0 aromatic heterocycles. The molecule has 3 aromatic carbocycles. The number of sulfonamides is 1. The predicted octanol–water partition coefficient (Wildman–Crippen LogP) is 4.35. The highest BCUT2D eigenvalue weighted by Crippen LogP contribution is 2.29. The topological polar surface area (TPSA) is 110 Å². The number of benzene rings is 3. The van der Waals surface area contributed by atoms with Crippen molar-refractivity contribution < 1.29 is 18.1 Å². The van der Waals surface area contributed by atoms with Crippen LogP contribution >= 0.6 is 23.4 Å². The van der Waals surface area contributed by atoms with Crippen LogP contribution in [0, 0.1) is 10.1 Å². The minimum Gasteiger partial charge on any atom is -0.354 e. The smallest absolute Gasteiger partial charge is 0.289 e. The Labute approximate surface area is 200 Å². The minimum atomic E-state index is -4.39. The Morgan fingerprint density at radius 1 is 1.00 bits per heavy atom. The maximum atomic E-state index is 13.4. The molecular formula is C22H20ClN3O5S2. The second-order valence-corrected chi connectivity index (χ2v) is 10.2. The summed E-state index contributed by atoms with van der Waals surface area (Å²) in [6, 6.07) is 20.3. The molecule has 8 nitrogen and oxygen atoms in total. The quantitative estimate of drug-likeness (QED) is 0.190. The number of thioether (sulfide) groups is 1. The van der Waals surface area contributed by atoms with E-state index >= 15 is 0 Å². The van der Waals surface area contributed by atoms with Crippen LogP contribution in [-0.4, -0.2) is 38.1 Å². The number of halogens is 1. The zero-order chi connectivity index (χ0) is 23.8. The summed E-state index contributed by atoms with van der Waals surface area (Å²) in [7, 11) is -4.39. The van der Waals surface area contributed by atoms with Gasteiger partial charge in [-0.1, -0.05) is 41.9 Å². The summed E-state index contributed by atoms with van der Waals surface area (Å²) in [5, 5.41) is 14.7. The number of nitro benzene ring substituents is 1. The van der Waals surface area contributed by atoms with E-state index in [1.807, 2.05) is 12.1 Å². The molecule has 0 atom stereocenters. The van der Waals surface area contributed by atoms with Crippen LogP contribution in [0.5, 0.6) is 0 Å². The van der Waals surface area contributed by atoms with Gasteiger partial charge in [-0.25, -0.2) is 8.42 Å². The molecule has 33 heavy (non-hydrogen) atoms. The molecule has 3 aromatic rings. The first-order valence-electron chi connectivity index (χ1n) is 9.75. The molecule has 1 amide bonds. The molecular weight excluding hydrogens is 486 g/mol. The SMILES string of the molecule is O=C(CN(c1ccccc1)S(=O)(=O)c1ccccc1[N+](=O)[O-])NCCSc1ccc(Cl)cc1. The lowest BCUT2D eigenvalue weighted by Gasteiger charge is -2.24. The summed E-state index contributed by atoms with van der Waals surface area (Å²) in [5.74, 6) is 0.0352. The van der Waals surface area contributed by atoms with Crippen molar-refractivity contribution in [3.8, 4) is 0 Å². The van der Waals surface area contributed by atoms with Crippen LogP contribution in [-0.2, 0) is 14.8 Å². The maximum absolute atomic E-state index is 13.4. The third-order valence-electron chi connectivity index (χ3n) is 4.47. The molecule has 3 rings (SSSR count). The molecule has 0 bridgehead atoms. The Balaban J connectivity index is 1.74. The van der Waals surface area contributed by atoms with Crippen LogP contribution in [0.2, 0.25) is 5.02 Å². The van der Waals surface area contributed by atoms with E-state index in [1.54, 1.807) is 30.3 Å². The number of para-hydroxylation sites is 2. The summed E-state index contributed by atoms with van der Waals surface area (Å²) >= 11 is 7.38. The van der Waals surface area contributed by atoms with Crippen molar-refractivity contribution in [2.24, 2.45) is 0 Å². The van der Waals surface area contributed by atoms with Crippen LogP contribution in [0.15, 0.2) is 88.7 Å². The number of amides is 1. The monoisotopic (exact) mass is 505 g/mol. The predicted molar refractivity (Wildman–Crippen MR) is 129 cm³/mol. The summed E-state index contributed by atoms with van der Waals surface area (Å²) in [5.41, 5.74) is -0.334. The van der Waals surface area contributed by atoms with Crippen molar-refractivity contribution in [2.75, 3.05) is 23.1 Å². The summed E-state index contributed by atoms with van der Waals surface area (Å²) < 4.78 is 27.6. The van der Waals surface area contributed by atoms with Gasteiger partial charge in [0, 0.05) is 28.3 Å². The third kappa shape index (κ3) is 6.47. The third-order valence-corrected chi connectivity index (χ3v) is 7.55. The molecule has 0 fully saturated rings. The van der Waals surface area contributed by atoms with Gasteiger partial charge in [-0.2, -0.15) is 0 Å². The van der Waals surface area contributed by atoms with Gasteiger partial charge >= 0.3 is 0 Å². The molecule has 1 N–H and O–H groups in total. The van der Waals surface area contributed by atoms with E-state index in [1.165, 1.54) is 36.0 Å². The Morgan fingerprint density at radius 3 is 2.30 bits per heavy atom. The number of hydrogen-bond donors (Lipinski definition) is 1. The highest BCUT2D eigenvalue weighted by atomic mass is 35.5. The second-order valence-electron chi connectivity index (χ2n) is 6.72. The van der Waals surface area contributed by atoms with Gasteiger partial charge in [0.15, 0.2) is 4.90 Å². The largest absolute Gasteiger partial charge is 0.354 e. The van der Waals surface area contributed by atoms with Crippen molar-refractivity contribution in [2.45, 2.75) is 9.79 Å². The Kier molecular flexibility index (Phi) is 8.32. The fourth-order valence-electron chi connectivity index (χ4n) is 2.93. The lowest BCUT2D eigenvalue weighted by molar-refractivity contribution is -0.387. The van der Waals surface area contributed by atoms with Crippen molar-refractivity contribution >= 4 is 50.7 Å². The summed E-state index contributed by atoms with van der Waals surface area (Å²) in [6.45, 7) is -0.218. The van der Waals surface area contributed by atoms with Crippen LogP contribution < -0.4 is 9.62 Å². The lowest BCUT2D eigenvalue weighted by Crippen LogP contribution is -2.41. The van der Waals surface area contributed by atoms with Gasteiger partial charge in [0.25, 0.3) is 15.7 Å². The van der Waals surface area contributed by atoms with Gasteiger partial charge < -0.3 is 5.32 Å². The Morgan fingerprint density at radius 2 is 1.64 bits per heavy atom. The number of nitrogens with one attached hydrogen (secondary N) is 1. The number of carbonyl (C=O) groups excluding carboxylic acids is 1. The van der Waals surface area contributed by atoms with Gasteiger partial charge in [0.05, 0.1) is 10.6 Å². The van der Waals surface area contributed by atoms with Crippen molar-refractivity contribution in [1.82, 2.24) is 5.32 Å². The van der Waals surface area contributed by atoms with E-state index in [0.29, 0.717) is 17.3 Å². The maximum Gasteiger partial charge on any atom is 0.289 e. The first kappa shape index (κ1) is 24.6. The van der Waals surface area contributed by atoms with E-state index in [0.717, 1.165) is 21.3 Å². The van der Waals surface area contributed by atoms with Gasteiger partial charge in [-0.3, -0.25) is 19.2 Å². The van der Waals surface area contributed by atoms with Gasteiger partial charge in [-0.05, 0) is 42.5 Å². The fourth-order valence-corrected chi connectivity index (χ4v) is 5.41. The summed E-state index contributed by atoms with van der Waals surface area (Å²) in [4.78, 5) is 23.7. The molecule has 0 heterocycles. The van der Waals surface area contributed by atoms with Gasteiger partial charge in [0.2, 0.25) is 5.91 Å². The number of anilines is 1. The van der Waals surface area contributed by atoms with E-state index < -0.39 is 38.0 Å². The van der Waals surface area contributed by atoms with Crippen LogP contribution in [0.4, 0.5) is 11.4 Å². The number of nitrogens with zero attached hydrogens (tertiary/aromatic N) is 2. The lowest BCUT2D eigenvalue weighted by atomic mass is 10.3. The minimum absolute atomic E-state index is 0.223. The number of rotatable bonds is 10. The normalized spacial score (nSPS) is 11.1. The van der Waals surface area contributed by atoms with E-state index in [2.05, 4.69) is 5.32 Å². The zero-order valence-corrected chi connectivity index (χ0v) is 19.6. The molecule has 0 aliphatic carbocycles. The first-order valence-corrected chi connectivity index (χ1v) is 12.6. The molecule has 0 radical (unpaired) electrons. The van der Waals surface area contributed by atoms with E-state index in [-0.39, 0.29) is 5.69 Å². The average Bonchev–Trinajstić information content (AvgIpc) is 2.82. The van der Waals surface area contributed by atoms with Gasteiger partial charge in [-0.15, -0.1) is 11.8 Å². The second kappa shape index (κ2) is 11.2. The molecule has 0 saturated heterocycles. The summed E-state index contributed by atoms with van der Waals surface area (Å²) in [6.07, 6.45) is 0. The highest BCUT2D eigenvalue weighted by molar-refractivity contribution is 7.99. The molecule has 0 saturated carbocycles. The number of nitro groups is 1. The Bertz CT molecular complexity index is 1220. The molecule has 172 valence electrons. The zero-order valence-electron chi connectivity index (χ0n) is 17.3. The van der Waals surface area contributed by atoms with E-state index in [9.17, 15) is 23.3 Å². The molecule has 0 aliphatic rings. The molecule has 0 spiro atoms. The van der Waals surface area contributed by atoms with Crippen molar-refractivity contribution in [3.63, 3.8) is 0 Å². The van der Waals surface area contributed by atoms with Crippen molar-refractivity contribution in [1.29, 1.82) is 0 Å². The molecule has 11 heteroatoms. The standard InChI is InChI=1S/C22H20ClN3O5S2/c23-17-10-12-19(13-11-17)32-15-14-24-22(27)16-25(18-6-2-1-3-7-18)33(30,31)21-9-5-4-8-20(21)26(28)29/h1-13H,14-16H2,(H,24,27). The number of carbonyl (C=O) groups is 1. The molecule has 0 aliphatic heterocycles. The van der Waals surface area contributed by atoms with Crippen LogP contribution in [0.1, 0.15) is 0 Å². The van der Waals surface area contributed by atoms with Crippen molar-refractivity contribution in [3.05, 3.63) is 94.0 Å². The number of hydrogen-bond acceptors (Lipinski definition) is 6. The van der Waals surface area contributed by atoms with Crippen LogP contribution in [0.3, 0.4) is 0 Å². The average molecular weight is 506 g/mol.